The minimum absolute atomic E-state index is 0.0425. The lowest BCUT2D eigenvalue weighted by Crippen LogP contribution is -2.58. The van der Waals surface area contributed by atoms with Gasteiger partial charge in [-0.05, 0) is 30.2 Å². The highest BCUT2D eigenvalue weighted by atomic mass is 32.2. The summed E-state index contributed by atoms with van der Waals surface area (Å²) in [6.45, 7) is 4.56. The van der Waals surface area contributed by atoms with Gasteiger partial charge in [-0.25, -0.2) is 8.42 Å². The molecule has 2 aliphatic rings. The number of aryl methyl sites for hydroxylation is 1. The standard InChI is InChI=1S/C18H26N2O5S/c1-13-9-15(25-2)4-3-14(13)10-20-8-7-19(6-5-18(21)22)16-11-26(23,24)12-17(16)20/h3-4,9,16-17H,5-8,10-12H2,1-2H3,(H,21,22). The fraction of sp³-hybridized carbons (Fsp3) is 0.611. The summed E-state index contributed by atoms with van der Waals surface area (Å²) in [4.78, 5) is 15.2. The molecule has 0 spiro atoms. The van der Waals surface area contributed by atoms with E-state index >= 15 is 0 Å². The molecule has 1 aromatic carbocycles. The number of ether oxygens (including phenoxy) is 1. The van der Waals surface area contributed by atoms with Crippen molar-refractivity contribution in [3.8, 4) is 5.75 Å². The van der Waals surface area contributed by atoms with Gasteiger partial charge in [0.2, 0.25) is 0 Å². The van der Waals surface area contributed by atoms with Gasteiger partial charge in [-0.2, -0.15) is 0 Å². The first kappa shape index (κ1) is 19.1. The summed E-state index contributed by atoms with van der Waals surface area (Å²) in [7, 11) is -1.46. The lowest BCUT2D eigenvalue weighted by atomic mass is 10.0. The number of hydrogen-bond donors (Lipinski definition) is 1. The molecule has 0 amide bonds. The van der Waals surface area contributed by atoms with E-state index in [1.165, 1.54) is 0 Å². The molecule has 2 fully saturated rings. The maximum Gasteiger partial charge on any atom is 0.304 e. The van der Waals surface area contributed by atoms with E-state index in [4.69, 9.17) is 9.84 Å². The minimum Gasteiger partial charge on any atom is -0.497 e. The summed E-state index contributed by atoms with van der Waals surface area (Å²) >= 11 is 0. The highest BCUT2D eigenvalue weighted by Gasteiger charge is 2.46. The molecule has 0 aromatic heterocycles. The van der Waals surface area contributed by atoms with Crippen molar-refractivity contribution in [2.24, 2.45) is 0 Å². The van der Waals surface area contributed by atoms with Crippen LogP contribution in [0.2, 0.25) is 0 Å². The molecule has 8 heteroatoms. The monoisotopic (exact) mass is 382 g/mol. The van der Waals surface area contributed by atoms with Gasteiger partial charge < -0.3 is 9.84 Å². The van der Waals surface area contributed by atoms with Crippen molar-refractivity contribution in [1.29, 1.82) is 0 Å². The highest BCUT2D eigenvalue weighted by Crippen LogP contribution is 2.29. The molecule has 26 heavy (non-hydrogen) atoms. The SMILES string of the molecule is COc1ccc(CN2CCN(CCC(=O)O)C3CS(=O)(=O)CC32)c(C)c1. The van der Waals surface area contributed by atoms with Gasteiger partial charge in [-0.15, -0.1) is 0 Å². The third kappa shape index (κ3) is 4.19. The number of piperazine rings is 1. The predicted molar refractivity (Wildman–Crippen MR) is 98.2 cm³/mol. The van der Waals surface area contributed by atoms with E-state index in [-0.39, 0.29) is 30.0 Å². The summed E-state index contributed by atoms with van der Waals surface area (Å²) in [5, 5.41) is 8.94. The number of carboxylic acid groups (broad SMARTS) is 1. The van der Waals surface area contributed by atoms with E-state index in [1.807, 2.05) is 30.0 Å². The maximum absolute atomic E-state index is 12.2. The Morgan fingerprint density at radius 3 is 2.50 bits per heavy atom. The van der Waals surface area contributed by atoms with Crippen LogP contribution in [0.1, 0.15) is 17.5 Å². The molecular weight excluding hydrogens is 356 g/mol. The van der Waals surface area contributed by atoms with Gasteiger partial charge in [0.15, 0.2) is 9.84 Å². The van der Waals surface area contributed by atoms with E-state index in [9.17, 15) is 13.2 Å². The van der Waals surface area contributed by atoms with Crippen LogP contribution in [0.5, 0.6) is 5.75 Å². The normalized spacial score (nSPS) is 25.8. The molecule has 1 aromatic rings. The van der Waals surface area contributed by atoms with Gasteiger partial charge in [0.1, 0.15) is 5.75 Å². The van der Waals surface area contributed by atoms with E-state index in [2.05, 4.69) is 4.90 Å². The van der Waals surface area contributed by atoms with Gasteiger partial charge in [0, 0.05) is 38.3 Å². The lowest BCUT2D eigenvalue weighted by Gasteiger charge is -2.44. The zero-order valence-corrected chi connectivity index (χ0v) is 16.0. The molecule has 0 aliphatic carbocycles. The number of benzene rings is 1. The third-order valence-electron chi connectivity index (χ3n) is 5.44. The number of methoxy groups -OCH3 is 1. The van der Waals surface area contributed by atoms with Crippen molar-refractivity contribution in [3.05, 3.63) is 29.3 Å². The highest BCUT2D eigenvalue weighted by molar-refractivity contribution is 7.91. The average Bonchev–Trinajstić information content (AvgIpc) is 2.91. The molecule has 7 nitrogen and oxygen atoms in total. The third-order valence-corrected chi connectivity index (χ3v) is 7.14. The Bertz CT molecular complexity index is 780. The van der Waals surface area contributed by atoms with Crippen LogP contribution in [0.4, 0.5) is 0 Å². The van der Waals surface area contributed by atoms with Crippen molar-refractivity contribution in [3.63, 3.8) is 0 Å². The number of carboxylic acids is 1. The van der Waals surface area contributed by atoms with E-state index in [1.54, 1.807) is 7.11 Å². The summed E-state index contributed by atoms with van der Waals surface area (Å²) in [5.74, 6) is 0.232. The van der Waals surface area contributed by atoms with Crippen molar-refractivity contribution in [1.82, 2.24) is 9.80 Å². The number of sulfone groups is 1. The molecule has 0 radical (unpaired) electrons. The lowest BCUT2D eigenvalue weighted by molar-refractivity contribution is -0.137. The Morgan fingerprint density at radius 2 is 1.88 bits per heavy atom. The van der Waals surface area contributed by atoms with Crippen LogP contribution in [0.25, 0.3) is 0 Å². The second-order valence-electron chi connectivity index (χ2n) is 7.15. The van der Waals surface area contributed by atoms with Crippen LogP contribution in [0.3, 0.4) is 0 Å². The van der Waals surface area contributed by atoms with Crippen LogP contribution in [0.15, 0.2) is 18.2 Å². The molecular formula is C18H26N2O5S. The van der Waals surface area contributed by atoms with Gasteiger partial charge in [-0.3, -0.25) is 14.6 Å². The average molecular weight is 382 g/mol. The van der Waals surface area contributed by atoms with Crippen LogP contribution >= 0.6 is 0 Å². The molecule has 2 aliphatic heterocycles. The van der Waals surface area contributed by atoms with Crippen LogP contribution < -0.4 is 4.74 Å². The van der Waals surface area contributed by atoms with E-state index in [0.717, 1.165) is 23.4 Å². The van der Waals surface area contributed by atoms with Crippen molar-refractivity contribution in [2.75, 3.05) is 38.2 Å². The number of carbonyl (C=O) groups is 1. The van der Waals surface area contributed by atoms with Crippen LogP contribution in [-0.4, -0.2) is 79.6 Å². The summed E-state index contributed by atoms with van der Waals surface area (Å²) in [6.07, 6.45) is 0.0425. The fourth-order valence-corrected chi connectivity index (χ4v) is 6.04. The second-order valence-corrected chi connectivity index (χ2v) is 9.31. The number of nitrogens with zero attached hydrogens (tertiary/aromatic N) is 2. The van der Waals surface area contributed by atoms with Crippen molar-refractivity contribution < 1.29 is 23.1 Å². The Morgan fingerprint density at radius 1 is 1.23 bits per heavy atom. The number of rotatable bonds is 6. The molecule has 0 bridgehead atoms. The quantitative estimate of drug-likeness (QED) is 0.777. The topological polar surface area (TPSA) is 87.2 Å². The van der Waals surface area contributed by atoms with Crippen LogP contribution in [-0.2, 0) is 21.2 Å². The minimum atomic E-state index is -3.10. The van der Waals surface area contributed by atoms with Gasteiger partial charge in [0.05, 0.1) is 25.0 Å². The van der Waals surface area contributed by atoms with Gasteiger partial charge in [0.25, 0.3) is 0 Å². The van der Waals surface area contributed by atoms with Gasteiger partial charge in [-0.1, -0.05) is 6.07 Å². The molecule has 2 atom stereocenters. The molecule has 3 rings (SSSR count). The number of fused-ring (bicyclic) bond motifs is 1. The first-order chi connectivity index (χ1) is 12.3. The summed E-state index contributed by atoms with van der Waals surface area (Å²) in [6, 6.07) is 5.75. The second kappa shape index (κ2) is 7.54. The van der Waals surface area contributed by atoms with E-state index in [0.29, 0.717) is 19.6 Å². The van der Waals surface area contributed by atoms with Crippen molar-refractivity contribution >= 4 is 15.8 Å². The largest absolute Gasteiger partial charge is 0.497 e. The van der Waals surface area contributed by atoms with Crippen molar-refractivity contribution in [2.45, 2.75) is 32.0 Å². The first-order valence-electron chi connectivity index (χ1n) is 8.83. The molecule has 2 unspecified atom stereocenters. The summed E-state index contributed by atoms with van der Waals surface area (Å²) in [5.41, 5.74) is 2.28. The zero-order chi connectivity index (χ0) is 18.9. The zero-order valence-electron chi connectivity index (χ0n) is 15.2. The van der Waals surface area contributed by atoms with Crippen LogP contribution in [0, 0.1) is 6.92 Å². The Kier molecular flexibility index (Phi) is 5.55. The Labute approximate surface area is 154 Å². The molecule has 0 saturated carbocycles. The Hall–Kier alpha value is -1.64. The molecule has 1 N–H and O–H groups in total. The smallest absolute Gasteiger partial charge is 0.304 e. The first-order valence-corrected chi connectivity index (χ1v) is 10.6. The Balaban J connectivity index is 1.76. The maximum atomic E-state index is 12.2. The number of aliphatic carboxylic acids is 1. The summed E-state index contributed by atoms with van der Waals surface area (Å²) < 4.78 is 29.7. The molecule has 2 heterocycles. The van der Waals surface area contributed by atoms with Gasteiger partial charge >= 0.3 is 5.97 Å². The predicted octanol–water partition coefficient (Wildman–Crippen LogP) is 0.762. The van der Waals surface area contributed by atoms with E-state index < -0.39 is 15.8 Å². The molecule has 144 valence electrons. The number of hydrogen-bond acceptors (Lipinski definition) is 6. The fourth-order valence-electron chi connectivity index (χ4n) is 4.00. The molecule has 2 saturated heterocycles.